The first-order valence-electron chi connectivity index (χ1n) is 7.44. The lowest BCUT2D eigenvalue weighted by Gasteiger charge is -2.26. The zero-order valence-corrected chi connectivity index (χ0v) is 12.4. The number of benzene rings is 2. The van der Waals surface area contributed by atoms with Gasteiger partial charge in [-0.05, 0) is 23.8 Å². The van der Waals surface area contributed by atoms with E-state index in [9.17, 15) is 4.79 Å². The highest BCUT2D eigenvalue weighted by atomic mass is 16.2. The van der Waals surface area contributed by atoms with Crippen molar-refractivity contribution in [3.8, 4) is 0 Å². The average molecular weight is 290 g/mol. The van der Waals surface area contributed by atoms with Crippen molar-refractivity contribution in [2.24, 2.45) is 4.99 Å². The summed E-state index contributed by atoms with van der Waals surface area (Å²) in [6.45, 7) is 1.31. The summed E-state index contributed by atoms with van der Waals surface area (Å²) in [6, 6.07) is 19.5. The third kappa shape index (κ3) is 3.31. The molecule has 3 rings (SSSR count). The van der Waals surface area contributed by atoms with Gasteiger partial charge < -0.3 is 4.90 Å². The quantitative estimate of drug-likeness (QED) is 0.845. The second kappa shape index (κ2) is 6.85. The first kappa shape index (κ1) is 14.3. The van der Waals surface area contributed by atoms with E-state index < -0.39 is 0 Å². The maximum Gasteiger partial charge on any atom is 0.258 e. The minimum absolute atomic E-state index is 0.0333. The highest BCUT2D eigenvalue weighted by molar-refractivity contribution is 5.95. The molecule has 2 aromatic carbocycles. The predicted molar refractivity (Wildman–Crippen MR) is 88.8 cm³/mol. The molecule has 0 unspecified atom stereocenters. The Kier molecular flexibility index (Phi) is 4.44. The van der Waals surface area contributed by atoms with E-state index in [0.29, 0.717) is 12.1 Å². The molecule has 3 heteroatoms. The monoisotopic (exact) mass is 290 g/mol. The van der Waals surface area contributed by atoms with Gasteiger partial charge in [0, 0.05) is 30.4 Å². The van der Waals surface area contributed by atoms with Crippen molar-refractivity contribution < 1.29 is 4.79 Å². The normalized spacial score (nSPS) is 13.5. The Morgan fingerprint density at radius 2 is 1.68 bits per heavy atom. The van der Waals surface area contributed by atoms with Crippen LogP contribution in [0.15, 0.2) is 77.4 Å². The summed E-state index contributed by atoms with van der Waals surface area (Å²) in [5, 5.41) is 0. The van der Waals surface area contributed by atoms with Crippen LogP contribution in [-0.2, 0) is 6.54 Å². The Hall–Kier alpha value is -2.68. The molecule has 0 saturated carbocycles. The number of amides is 1. The van der Waals surface area contributed by atoms with Gasteiger partial charge in [-0.15, -0.1) is 0 Å². The second-order valence-corrected chi connectivity index (χ2v) is 5.21. The van der Waals surface area contributed by atoms with Crippen LogP contribution in [0.4, 0.5) is 0 Å². The summed E-state index contributed by atoms with van der Waals surface area (Å²) < 4.78 is 0. The van der Waals surface area contributed by atoms with Crippen LogP contribution in [0.3, 0.4) is 0 Å². The Morgan fingerprint density at radius 3 is 2.32 bits per heavy atom. The minimum Gasteiger partial charge on any atom is -0.308 e. The van der Waals surface area contributed by atoms with Crippen molar-refractivity contribution in [1.29, 1.82) is 0 Å². The van der Waals surface area contributed by atoms with E-state index in [0.717, 1.165) is 24.2 Å². The Morgan fingerprint density at radius 1 is 1.00 bits per heavy atom. The summed E-state index contributed by atoms with van der Waals surface area (Å²) >= 11 is 0. The van der Waals surface area contributed by atoms with Crippen molar-refractivity contribution in [1.82, 2.24) is 4.90 Å². The number of aliphatic imine (C=N–C) groups is 1. The van der Waals surface area contributed by atoms with Gasteiger partial charge in [0.15, 0.2) is 0 Å². The largest absolute Gasteiger partial charge is 0.308 e. The summed E-state index contributed by atoms with van der Waals surface area (Å²) in [4.78, 5) is 19.0. The lowest BCUT2D eigenvalue weighted by Crippen LogP contribution is -2.31. The fourth-order valence-electron chi connectivity index (χ4n) is 2.51. The van der Waals surface area contributed by atoms with Crippen molar-refractivity contribution in [3.05, 3.63) is 83.6 Å². The zero-order valence-electron chi connectivity index (χ0n) is 12.4. The van der Waals surface area contributed by atoms with Crippen LogP contribution in [0, 0.1) is 0 Å². The Bertz CT molecular complexity index is 690. The fraction of sp³-hybridized carbons (Fsp3) is 0.158. The smallest absolute Gasteiger partial charge is 0.258 e. The molecule has 0 atom stereocenters. The van der Waals surface area contributed by atoms with Gasteiger partial charge in [0.2, 0.25) is 0 Å². The summed E-state index contributed by atoms with van der Waals surface area (Å²) in [7, 11) is 0. The van der Waals surface area contributed by atoms with E-state index in [-0.39, 0.29) is 5.91 Å². The molecule has 0 spiro atoms. The summed E-state index contributed by atoms with van der Waals surface area (Å²) in [5.41, 5.74) is 2.85. The molecule has 0 aromatic heterocycles. The number of dihydropyridines is 1. The zero-order chi connectivity index (χ0) is 15.2. The predicted octanol–water partition coefficient (Wildman–Crippen LogP) is 3.69. The highest BCUT2D eigenvalue weighted by Gasteiger charge is 2.20. The van der Waals surface area contributed by atoms with Gasteiger partial charge in [0.1, 0.15) is 0 Å². The van der Waals surface area contributed by atoms with Gasteiger partial charge >= 0.3 is 0 Å². The number of carbonyl (C=O) groups excluding carboxylic acids is 1. The molecule has 22 heavy (non-hydrogen) atoms. The molecule has 110 valence electrons. The van der Waals surface area contributed by atoms with Gasteiger partial charge in [0.05, 0.1) is 6.54 Å². The fourth-order valence-corrected chi connectivity index (χ4v) is 2.51. The number of rotatable bonds is 4. The van der Waals surface area contributed by atoms with Gasteiger partial charge in [-0.25, -0.2) is 0 Å². The van der Waals surface area contributed by atoms with E-state index in [1.807, 2.05) is 71.6 Å². The van der Waals surface area contributed by atoms with E-state index >= 15 is 0 Å². The standard InChI is InChI=1S/C19H18N2O/c22-19(17-9-5-2-6-10-17)21(18-11-13-20-14-12-18)15-16-7-3-1-4-8-16/h1-11,13H,12,14-15H2. The van der Waals surface area contributed by atoms with Gasteiger partial charge in [-0.2, -0.15) is 0 Å². The Labute approximate surface area is 130 Å². The second-order valence-electron chi connectivity index (χ2n) is 5.21. The van der Waals surface area contributed by atoms with E-state index in [4.69, 9.17) is 0 Å². The molecule has 1 aliphatic heterocycles. The molecule has 0 N–H and O–H groups in total. The molecule has 0 bridgehead atoms. The molecule has 3 nitrogen and oxygen atoms in total. The lowest BCUT2D eigenvalue weighted by molar-refractivity contribution is 0.0791. The van der Waals surface area contributed by atoms with Gasteiger partial charge in [-0.3, -0.25) is 9.79 Å². The van der Waals surface area contributed by atoms with Crippen LogP contribution in [0.5, 0.6) is 0 Å². The summed E-state index contributed by atoms with van der Waals surface area (Å²) in [5.74, 6) is 0.0333. The number of nitrogens with zero attached hydrogens (tertiary/aromatic N) is 2. The average Bonchev–Trinajstić information content (AvgIpc) is 2.61. The van der Waals surface area contributed by atoms with Gasteiger partial charge in [-0.1, -0.05) is 48.5 Å². The molecule has 2 aromatic rings. The number of hydrogen-bond acceptors (Lipinski definition) is 2. The first-order chi connectivity index (χ1) is 10.8. The van der Waals surface area contributed by atoms with Crippen molar-refractivity contribution in [2.75, 3.05) is 6.54 Å². The topological polar surface area (TPSA) is 32.7 Å². The summed E-state index contributed by atoms with van der Waals surface area (Å²) in [6.07, 6.45) is 4.52. The maximum atomic E-state index is 12.9. The number of hydrogen-bond donors (Lipinski definition) is 0. The molecule has 0 aliphatic carbocycles. The molecule has 0 radical (unpaired) electrons. The molecule has 0 saturated heterocycles. The molecule has 1 aliphatic rings. The van der Waals surface area contributed by atoms with Crippen LogP contribution in [-0.4, -0.2) is 23.6 Å². The molecular formula is C19H18N2O. The van der Waals surface area contributed by atoms with Crippen molar-refractivity contribution in [2.45, 2.75) is 13.0 Å². The highest BCUT2D eigenvalue weighted by Crippen LogP contribution is 2.19. The molecular weight excluding hydrogens is 272 g/mol. The Balaban J connectivity index is 1.90. The van der Waals surface area contributed by atoms with Crippen LogP contribution in [0.2, 0.25) is 0 Å². The molecule has 1 amide bonds. The number of carbonyl (C=O) groups is 1. The molecule has 1 heterocycles. The third-order valence-corrected chi connectivity index (χ3v) is 3.67. The first-order valence-corrected chi connectivity index (χ1v) is 7.44. The van der Waals surface area contributed by atoms with Crippen LogP contribution in [0.1, 0.15) is 22.3 Å². The lowest BCUT2D eigenvalue weighted by atomic mass is 10.1. The maximum absolute atomic E-state index is 12.9. The minimum atomic E-state index is 0.0333. The van der Waals surface area contributed by atoms with E-state index in [1.165, 1.54) is 0 Å². The van der Waals surface area contributed by atoms with E-state index in [2.05, 4.69) is 4.99 Å². The van der Waals surface area contributed by atoms with Crippen LogP contribution < -0.4 is 0 Å². The van der Waals surface area contributed by atoms with Crippen LogP contribution >= 0.6 is 0 Å². The van der Waals surface area contributed by atoms with Crippen LogP contribution in [0.25, 0.3) is 0 Å². The van der Waals surface area contributed by atoms with Crippen molar-refractivity contribution in [3.63, 3.8) is 0 Å². The molecule has 0 fully saturated rings. The number of allylic oxidation sites excluding steroid dienone is 1. The van der Waals surface area contributed by atoms with Gasteiger partial charge in [0.25, 0.3) is 5.91 Å². The van der Waals surface area contributed by atoms with Crippen molar-refractivity contribution >= 4 is 12.1 Å². The SMILES string of the molecule is O=C(c1ccccc1)N(Cc1ccccc1)C1=CC=NCC1. The van der Waals surface area contributed by atoms with E-state index in [1.54, 1.807) is 6.21 Å². The third-order valence-electron chi connectivity index (χ3n) is 3.67.